The Hall–Kier alpha value is -2.67. The predicted octanol–water partition coefficient (Wildman–Crippen LogP) is 3.06. The number of pyridine rings is 1. The molecule has 0 radical (unpaired) electrons. The molecule has 2 aromatic rings. The molecule has 1 amide bonds. The zero-order valence-corrected chi connectivity index (χ0v) is 18.1. The third kappa shape index (κ3) is 3.74. The lowest BCUT2D eigenvalue weighted by Crippen LogP contribution is -2.42. The van der Waals surface area contributed by atoms with Crippen LogP contribution in [0.5, 0.6) is 0 Å². The van der Waals surface area contributed by atoms with Gasteiger partial charge in [0.1, 0.15) is 5.56 Å². The summed E-state index contributed by atoms with van der Waals surface area (Å²) in [6, 6.07) is 8.25. The number of aryl methyl sites for hydroxylation is 1. The number of rotatable bonds is 3. The summed E-state index contributed by atoms with van der Waals surface area (Å²) in [4.78, 5) is 51.2. The summed E-state index contributed by atoms with van der Waals surface area (Å²) in [6.07, 6.45) is 1.45. The zero-order valence-electron chi connectivity index (χ0n) is 17.3. The van der Waals surface area contributed by atoms with Gasteiger partial charge in [-0.3, -0.25) is 23.7 Å². The second kappa shape index (κ2) is 7.54. The van der Waals surface area contributed by atoms with Crippen LogP contribution in [0.3, 0.4) is 0 Å². The molecule has 7 heteroatoms. The second-order valence-electron chi connectivity index (χ2n) is 8.82. The molecule has 1 aromatic carbocycles. The number of hydrogen-bond donors (Lipinski definition) is 1. The van der Waals surface area contributed by atoms with Gasteiger partial charge in [0.25, 0.3) is 11.5 Å². The van der Waals surface area contributed by atoms with Gasteiger partial charge in [-0.25, -0.2) is 0 Å². The number of amides is 1. The number of nitrogens with zero attached hydrogens (tertiary/aromatic N) is 1. The summed E-state index contributed by atoms with van der Waals surface area (Å²) in [5.41, 5.74) is 1.85. The monoisotopic (exact) mass is 424 g/mol. The van der Waals surface area contributed by atoms with E-state index < -0.39 is 17.5 Å². The van der Waals surface area contributed by atoms with Crippen molar-refractivity contribution in [2.24, 2.45) is 5.41 Å². The minimum Gasteiger partial charge on any atom is -0.341 e. The van der Waals surface area contributed by atoms with Gasteiger partial charge in [-0.05, 0) is 43.4 Å². The molecule has 0 unspecified atom stereocenters. The summed E-state index contributed by atoms with van der Waals surface area (Å²) in [7, 11) is 0. The van der Waals surface area contributed by atoms with Gasteiger partial charge in [-0.1, -0.05) is 43.3 Å². The molecule has 0 saturated carbocycles. The second-order valence-corrected chi connectivity index (χ2v) is 9.92. The average Bonchev–Trinajstić information content (AvgIpc) is 3.06. The maximum Gasteiger partial charge on any atom is 0.268 e. The Morgan fingerprint density at radius 3 is 2.47 bits per heavy atom. The van der Waals surface area contributed by atoms with E-state index in [1.165, 1.54) is 22.4 Å². The first-order chi connectivity index (χ1) is 14.2. The highest BCUT2D eigenvalue weighted by Crippen LogP contribution is 2.35. The standard InChI is InChI=1S/C23H24N2O4S/c1-13-4-6-14(7-5-13)25-18-11-23(2,3)12-19(26)15(18)10-16(21(25)28)20(27)24-17-8-9-30-22(17)29/h4-7,10,17H,8-9,11-12H2,1-3H3,(H,24,27)/t17-/m0/s1. The summed E-state index contributed by atoms with van der Waals surface area (Å²) >= 11 is 1.18. The van der Waals surface area contributed by atoms with Crippen molar-refractivity contribution in [1.29, 1.82) is 0 Å². The predicted molar refractivity (Wildman–Crippen MR) is 117 cm³/mol. The molecule has 1 aromatic heterocycles. The highest BCUT2D eigenvalue weighted by molar-refractivity contribution is 8.14. The zero-order chi connectivity index (χ0) is 21.6. The molecule has 1 fully saturated rings. The fourth-order valence-electron chi connectivity index (χ4n) is 4.11. The number of thioether (sulfide) groups is 1. The van der Waals surface area contributed by atoms with Gasteiger partial charge in [-0.2, -0.15) is 0 Å². The summed E-state index contributed by atoms with van der Waals surface area (Å²) in [5.74, 6) is -0.0411. The Morgan fingerprint density at radius 2 is 1.83 bits per heavy atom. The molecular weight excluding hydrogens is 400 g/mol. The van der Waals surface area contributed by atoms with Gasteiger partial charge in [0.2, 0.25) is 5.12 Å². The van der Waals surface area contributed by atoms with Crippen LogP contribution >= 0.6 is 11.8 Å². The van der Waals surface area contributed by atoms with E-state index in [-0.39, 0.29) is 21.9 Å². The summed E-state index contributed by atoms with van der Waals surface area (Å²) in [6.45, 7) is 5.96. The molecule has 0 bridgehead atoms. The number of carbonyl (C=O) groups is 3. The lowest BCUT2D eigenvalue weighted by Gasteiger charge is -2.32. The Morgan fingerprint density at radius 1 is 1.13 bits per heavy atom. The normalized spacial score (nSPS) is 20.2. The molecule has 1 aliphatic carbocycles. The number of fused-ring (bicyclic) bond motifs is 1. The van der Waals surface area contributed by atoms with Crippen molar-refractivity contribution in [3.05, 3.63) is 63.1 Å². The Bertz CT molecular complexity index is 1120. The largest absolute Gasteiger partial charge is 0.341 e. The van der Waals surface area contributed by atoms with E-state index in [0.29, 0.717) is 42.0 Å². The van der Waals surface area contributed by atoms with Crippen LogP contribution in [-0.4, -0.2) is 33.2 Å². The van der Waals surface area contributed by atoms with Crippen molar-refractivity contribution in [2.45, 2.75) is 46.1 Å². The van der Waals surface area contributed by atoms with Gasteiger partial charge in [0, 0.05) is 29.1 Å². The van der Waals surface area contributed by atoms with Gasteiger partial charge in [-0.15, -0.1) is 0 Å². The van der Waals surface area contributed by atoms with E-state index >= 15 is 0 Å². The molecule has 1 aliphatic heterocycles. The van der Waals surface area contributed by atoms with Crippen molar-refractivity contribution >= 4 is 28.6 Å². The van der Waals surface area contributed by atoms with Crippen molar-refractivity contribution in [3.63, 3.8) is 0 Å². The molecule has 6 nitrogen and oxygen atoms in total. The maximum atomic E-state index is 13.4. The fourth-order valence-corrected chi connectivity index (χ4v) is 5.04. The number of carbonyl (C=O) groups excluding carboxylic acids is 3. The lowest BCUT2D eigenvalue weighted by molar-refractivity contribution is -0.112. The number of nitrogens with one attached hydrogen (secondary N) is 1. The van der Waals surface area contributed by atoms with Crippen LogP contribution in [0.1, 0.15) is 58.7 Å². The molecule has 1 atom stereocenters. The molecule has 1 N–H and O–H groups in total. The quantitative estimate of drug-likeness (QED) is 0.819. The molecule has 4 rings (SSSR count). The van der Waals surface area contributed by atoms with E-state index in [1.54, 1.807) is 0 Å². The highest BCUT2D eigenvalue weighted by Gasteiger charge is 2.35. The molecule has 156 valence electrons. The Balaban J connectivity index is 1.88. The van der Waals surface area contributed by atoms with E-state index in [0.717, 1.165) is 5.56 Å². The van der Waals surface area contributed by atoms with Crippen LogP contribution in [0.25, 0.3) is 5.69 Å². The smallest absolute Gasteiger partial charge is 0.268 e. The first-order valence-electron chi connectivity index (χ1n) is 10.0. The SMILES string of the molecule is Cc1ccc(-n2c3c(cc(C(=O)N[C@H]4CCSC4=O)c2=O)C(=O)CC(C)(C)C3)cc1. The summed E-state index contributed by atoms with van der Waals surface area (Å²) in [5, 5.41) is 2.58. The number of Topliss-reactive ketones (excluding diaryl/α,β-unsaturated/α-hetero) is 1. The number of benzene rings is 1. The third-order valence-corrected chi connectivity index (χ3v) is 6.67. The van der Waals surface area contributed by atoms with Crippen LogP contribution in [0.15, 0.2) is 35.1 Å². The van der Waals surface area contributed by atoms with Crippen molar-refractivity contribution in [2.75, 3.05) is 5.75 Å². The molecule has 2 aliphatic rings. The van der Waals surface area contributed by atoms with Gasteiger partial charge < -0.3 is 5.32 Å². The van der Waals surface area contributed by atoms with Crippen molar-refractivity contribution in [1.82, 2.24) is 9.88 Å². The third-order valence-electron chi connectivity index (χ3n) is 5.67. The molecule has 30 heavy (non-hydrogen) atoms. The maximum absolute atomic E-state index is 13.4. The number of aromatic nitrogens is 1. The average molecular weight is 425 g/mol. The minimum absolute atomic E-state index is 0.0799. The lowest BCUT2D eigenvalue weighted by atomic mass is 9.75. The van der Waals surface area contributed by atoms with Crippen LogP contribution in [0.4, 0.5) is 0 Å². The van der Waals surface area contributed by atoms with Crippen LogP contribution < -0.4 is 10.9 Å². The van der Waals surface area contributed by atoms with Gasteiger partial charge in [0.05, 0.1) is 6.04 Å². The Labute approximate surface area is 179 Å². The highest BCUT2D eigenvalue weighted by atomic mass is 32.2. The van der Waals surface area contributed by atoms with Crippen molar-refractivity contribution in [3.8, 4) is 5.69 Å². The van der Waals surface area contributed by atoms with Crippen LogP contribution in [0, 0.1) is 12.3 Å². The van der Waals surface area contributed by atoms with Gasteiger partial charge in [0.15, 0.2) is 5.78 Å². The van der Waals surface area contributed by atoms with Crippen molar-refractivity contribution < 1.29 is 14.4 Å². The van der Waals surface area contributed by atoms with E-state index in [4.69, 9.17) is 0 Å². The number of ketones is 1. The Kier molecular flexibility index (Phi) is 5.18. The van der Waals surface area contributed by atoms with E-state index in [2.05, 4.69) is 5.32 Å². The molecule has 0 spiro atoms. The first kappa shape index (κ1) is 20.6. The minimum atomic E-state index is -0.609. The molecule has 1 saturated heterocycles. The first-order valence-corrected chi connectivity index (χ1v) is 11.0. The van der Waals surface area contributed by atoms with E-state index in [1.807, 2.05) is 45.0 Å². The van der Waals surface area contributed by atoms with Gasteiger partial charge >= 0.3 is 0 Å². The van der Waals surface area contributed by atoms with Crippen LogP contribution in [0.2, 0.25) is 0 Å². The fraction of sp³-hybridized carbons (Fsp3) is 0.391. The van der Waals surface area contributed by atoms with Crippen LogP contribution in [-0.2, 0) is 11.2 Å². The molecule has 2 heterocycles. The summed E-state index contributed by atoms with van der Waals surface area (Å²) < 4.78 is 1.49. The topological polar surface area (TPSA) is 85.2 Å². The number of hydrogen-bond acceptors (Lipinski definition) is 5. The molecular formula is C23H24N2O4S. The van der Waals surface area contributed by atoms with E-state index in [9.17, 15) is 19.2 Å².